The van der Waals surface area contributed by atoms with Gasteiger partial charge in [0.05, 0.1) is 12.5 Å². The molecule has 1 N–H and O–H groups in total. The molecule has 1 heterocycles. The lowest BCUT2D eigenvalue weighted by atomic mass is 9.89. The minimum absolute atomic E-state index is 0.0543. The average molecular weight is 466 g/mol. The molecule has 0 radical (unpaired) electrons. The number of ether oxygens (including phenoxy) is 2. The van der Waals surface area contributed by atoms with Crippen molar-refractivity contribution in [3.05, 3.63) is 59.7 Å². The van der Waals surface area contributed by atoms with Gasteiger partial charge in [-0.15, -0.1) is 0 Å². The Balaban J connectivity index is 1.45. The van der Waals surface area contributed by atoms with Crippen molar-refractivity contribution < 1.29 is 29.0 Å². The number of piperidine rings is 1. The maximum atomic E-state index is 12.7. The van der Waals surface area contributed by atoms with Crippen molar-refractivity contribution in [3.8, 4) is 11.1 Å². The summed E-state index contributed by atoms with van der Waals surface area (Å²) in [6.45, 7) is 5.32. The number of carboxylic acid groups (broad SMARTS) is 1. The number of benzene rings is 2. The van der Waals surface area contributed by atoms with Crippen LogP contribution in [0.2, 0.25) is 0 Å². The Morgan fingerprint density at radius 1 is 1.06 bits per heavy atom. The molecule has 2 aliphatic rings. The highest BCUT2D eigenvalue weighted by molar-refractivity contribution is 5.85. The second kappa shape index (κ2) is 9.00. The van der Waals surface area contributed by atoms with Crippen LogP contribution in [0.15, 0.2) is 48.5 Å². The van der Waals surface area contributed by atoms with E-state index in [9.17, 15) is 19.5 Å². The van der Waals surface area contributed by atoms with Crippen molar-refractivity contribution in [2.45, 2.75) is 50.7 Å². The maximum absolute atomic E-state index is 12.7. The van der Waals surface area contributed by atoms with Crippen molar-refractivity contribution in [1.82, 2.24) is 10.2 Å². The molecule has 1 saturated heterocycles. The normalized spacial score (nSPS) is 19.7. The molecule has 1 fully saturated rings. The number of nitrogens with zero attached hydrogens (tertiary/aromatic N) is 1. The molecule has 0 unspecified atom stereocenters. The molecule has 4 rings (SSSR count). The molecule has 180 valence electrons. The van der Waals surface area contributed by atoms with Crippen molar-refractivity contribution >= 4 is 18.2 Å². The molecule has 0 aromatic heterocycles. The summed E-state index contributed by atoms with van der Waals surface area (Å²) in [5.41, 5.74) is 1.83. The van der Waals surface area contributed by atoms with E-state index in [4.69, 9.17) is 9.47 Å². The summed E-state index contributed by atoms with van der Waals surface area (Å²) in [6.07, 6.45) is -1.00. The fraction of sp³-hybridized carbons (Fsp3) is 0.423. The molecule has 0 spiro atoms. The number of carbonyl (C=O) groups excluding carboxylic acids is 3. The Morgan fingerprint density at radius 2 is 1.65 bits per heavy atom. The van der Waals surface area contributed by atoms with Gasteiger partial charge in [0.25, 0.3) is 0 Å². The van der Waals surface area contributed by atoms with E-state index < -0.39 is 29.3 Å². The molecule has 1 aliphatic heterocycles. The summed E-state index contributed by atoms with van der Waals surface area (Å²) in [4.78, 5) is 38.6. The third-order valence-corrected chi connectivity index (χ3v) is 6.22. The highest BCUT2D eigenvalue weighted by Crippen LogP contribution is 2.44. The molecule has 1 atom stereocenters. The second-order valence-electron chi connectivity index (χ2n) is 9.83. The van der Waals surface area contributed by atoms with E-state index in [2.05, 4.69) is 5.32 Å². The van der Waals surface area contributed by atoms with Crippen molar-refractivity contribution in [2.24, 2.45) is 0 Å². The number of amides is 2. The number of carboxylic acids is 1. The van der Waals surface area contributed by atoms with Gasteiger partial charge in [0, 0.05) is 12.5 Å². The number of rotatable bonds is 4. The third-order valence-electron chi connectivity index (χ3n) is 6.22. The van der Waals surface area contributed by atoms with Gasteiger partial charge >= 0.3 is 12.2 Å². The van der Waals surface area contributed by atoms with Crippen LogP contribution in [0.25, 0.3) is 11.1 Å². The number of aliphatic carboxylic acids is 1. The fourth-order valence-corrected chi connectivity index (χ4v) is 4.69. The topological polar surface area (TPSA) is 108 Å². The Bertz CT molecular complexity index is 1060. The first-order valence-corrected chi connectivity index (χ1v) is 11.4. The average Bonchev–Trinajstić information content (AvgIpc) is 3.10. The highest BCUT2D eigenvalue weighted by Gasteiger charge is 2.42. The van der Waals surface area contributed by atoms with Gasteiger partial charge in [-0.2, -0.15) is 0 Å². The highest BCUT2D eigenvalue weighted by atomic mass is 16.6. The molecule has 34 heavy (non-hydrogen) atoms. The largest absolute Gasteiger partial charge is 0.548 e. The van der Waals surface area contributed by atoms with Gasteiger partial charge in [0.2, 0.25) is 0 Å². The number of carbonyl (C=O) groups is 3. The van der Waals surface area contributed by atoms with Gasteiger partial charge in [-0.1, -0.05) is 48.5 Å². The first-order valence-electron chi connectivity index (χ1n) is 11.4. The molecule has 8 nitrogen and oxygen atoms in total. The first-order chi connectivity index (χ1) is 16.1. The predicted octanol–water partition coefficient (Wildman–Crippen LogP) is 3.04. The Labute approximate surface area is 198 Å². The van der Waals surface area contributed by atoms with Crippen LogP contribution >= 0.6 is 0 Å². The summed E-state index contributed by atoms with van der Waals surface area (Å²) in [5.74, 6) is -1.61. The molecule has 8 heteroatoms. The van der Waals surface area contributed by atoms with Gasteiger partial charge in [-0.25, -0.2) is 9.59 Å². The summed E-state index contributed by atoms with van der Waals surface area (Å²) in [6, 6.07) is 15.9. The van der Waals surface area contributed by atoms with E-state index >= 15 is 0 Å². The summed E-state index contributed by atoms with van der Waals surface area (Å²) in [7, 11) is 0. The number of hydrogen-bond acceptors (Lipinski definition) is 6. The van der Waals surface area contributed by atoms with Crippen molar-refractivity contribution in [1.29, 1.82) is 0 Å². The monoisotopic (exact) mass is 465 g/mol. The number of fused-ring (bicyclic) bond motifs is 3. The van der Waals surface area contributed by atoms with Crippen molar-refractivity contribution in [3.63, 3.8) is 0 Å². The van der Waals surface area contributed by atoms with Gasteiger partial charge in [-0.3, -0.25) is 0 Å². The Morgan fingerprint density at radius 3 is 2.21 bits per heavy atom. The van der Waals surface area contributed by atoms with E-state index in [0.29, 0.717) is 13.0 Å². The van der Waals surface area contributed by atoms with Gasteiger partial charge < -0.3 is 29.6 Å². The lowest BCUT2D eigenvalue weighted by molar-refractivity contribution is -0.315. The lowest BCUT2D eigenvalue weighted by Gasteiger charge is -2.43. The van der Waals surface area contributed by atoms with Crippen LogP contribution in [0.3, 0.4) is 0 Å². The number of likely N-dealkylation sites (tertiary alicyclic amines) is 1. The Kier molecular flexibility index (Phi) is 6.25. The minimum Gasteiger partial charge on any atom is -0.548 e. The first kappa shape index (κ1) is 23.6. The lowest BCUT2D eigenvalue weighted by Crippen LogP contribution is -2.68. The molecule has 1 aliphatic carbocycles. The molecular weight excluding hydrogens is 436 g/mol. The summed E-state index contributed by atoms with van der Waals surface area (Å²) in [5, 5.41) is 14.6. The minimum atomic E-state index is -1.75. The van der Waals surface area contributed by atoms with Crippen molar-refractivity contribution in [2.75, 3.05) is 19.7 Å². The zero-order valence-corrected chi connectivity index (χ0v) is 19.6. The number of nitrogens with one attached hydrogen (secondary N) is 1. The van der Waals surface area contributed by atoms with Gasteiger partial charge in [0.1, 0.15) is 17.7 Å². The zero-order chi connectivity index (χ0) is 24.5. The van der Waals surface area contributed by atoms with E-state index in [1.54, 1.807) is 20.8 Å². The second-order valence-corrected chi connectivity index (χ2v) is 9.83. The smallest absolute Gasteiger partial charge is 0.410 e. The molecule has 2 aromatic rings. The van der Waals surface area contributed by atoms with Crippen LogP contribution in [0, 0.1) is 0 Å². The van der Waals surface area contributed by atoms with Crippen LogP contribution in [-0.4, -0.2) is 53.9 Å². The zero-order valence-electron chi connectivity index (χ0n) is 19.6. The molecule has 2 aromatic carbocycles. The van der Waals surface area contributed by atoms with Crippen LogP contribution in [0.5, 0.6) is 0 Å². The molecule has 0 bridgehead atoms. The predicted molar refractivity (Wildman–Crippen MR) is 123 cm³/mol. The van der Waals surface area contributed by atoms with E-state index in [1.165, 1.54) is 4.90 Å². The van der Waals surface area contributed by atoms with Gasteiger partial charge in [-0.05, 0) is 55.9 Å². The standard InChI is InChI=1S/C26H30N2O6/c1-25(2,3)34-24(32)28-14-8-13-26(16-28,22(29)30)27-23(31)33-15-21-19-11-6-4-9-17(19)18-10-5-7-12-20(18)21/h4-7,9-12,21H,8,13-16H2,1-3H3,(H,27,31)(H,29,30)/p-1/t26-/m1/s1. The molecule has 2 amide bonds. The number of hydrogen-bond donors (Lipinski definition) is 1. The van der Waals surface area contributed by atoms with Crippen LogP contribution in [0.1, 0.15) is 50.7 Å². The number of alkyl carbamates (subject to hydrolysis) is 1. The Hall–Kier alpha value is -3.55. The van der Waals surface area contributed by atoms with Crippen LogP contribution in [-0.2, 0) is 14.3 Å². The van der Waals surface area contributed by atoms with E-state index in [1.807, 2.05) is 48.5 Å². The van der Waals surface area contributed by atoms with Crippen LogP contribution < -0.4 is 10.4 Å². The van der Waals surface area contributed by atoms with E-state index in [0.717, 1.165) is 22.3 Å². The third kappa shape index (κ3) is 4.71. The maximum Gasteiger partial charge on any atom is 0.410 e. The SMILES string of the molecule is CC(C)(C)OC(=O)N1CCC[C@](NC(=O)OCC2c3ccccc3-c3ccccc32)(C(=O)[O-])C1. The summed E-state index contributed by atoms with van der Waals surface area (Å²) < 4.78 is 10.9. The van der Waals surface area contributed by atoms with Crippen LogP contribution in [0.4, 0.5) is 9.59 Å². The molecular formula is C26H29N2O6-. The summed E-state index contributed by atoms with van der Waals surface area (Å²) >= 11 is 0. The van der Waals surface area contributed by atoms with E-state index in [-0.39, 0.29) is 25.5 Å². The fourth-order valence-electron chi connectivity index (χ4n) is 4.69. The quantitative estimate of drug-likeness (QED) is 0.744. The molecule has 0 saturated carbocycles. The van der Waals surface area contributed by atoms with Gasteiger partial charge in [0.15, 0.2) is 0 Å².